The van der Waals surface area contributed by atoms with Crippen molar-refractivity contribution in [3.63, 3.8) is 0 Å². The zero-order chi connectivity index (χ0) is 22.0. The maximum Gasteiger partial charge on any atom is 0.238 e. The van der Waals surface area contributed by atoms with Crippen molar-refractivity contribution in [3.05, 3.63) is 83.2 Å². The Morgan fingerprint density at radius 2 is 1.68 bits per heavy atom. The van der Waals surface area contributed by atoms with Gasteiger partial charge in [-0.05, 0) is 61.4 Å². The van der Waals surface area contributed by atoms with Crippen molar-refractivity contribution in [1.29, 1.82) is 0 Å². The van der Waals surface area contributed by atoms with Crippen LogP contribution in [0, 0.1) is 20.8 Å². The summed E-state index contributed by atoms with van der Waals surface area (Å²) in [7, 11) is 0. The number of fused-ring (bicyclic) bond motifs is 1. The lowest BCUT2D eigenvalue weighted by atomic mass is 10.1. The molecule has 0 amide bonds. The second-order valence-electron chi connectivity index (χ2n) is 7.55. The molecule has 2 aromatic carbocycles. The van der Waals surface area contributed by atoms with Crippen LogP contribution in [0.2, 0.25) is 0 Å². The number of aryl methyl sites for hydroxylation is 3. The molecule has 6 heteroatoms. The highest BCUT2D eigenvalue weighted by atomic mass is 32.1. The standard InChI is InChI=1S/C25H24N2O3S/c1-16-6-5-11-27(15-16)23(25(31)26-22-17(2)7-4-8-18(22)3)24(28)19-9-10-20-21(14-19)30-13-12-29-20/h4-11,14-15H,12-13H2,1-3H3,(H-,26,28,31). The third kappa shape index (κ3) is 4.39. The van der Waals surface area contributed by atoms with E-state index in [1.54, 1.807) is 22.8 Å². The first-order chi connectivity index (χ1) is 14.9. The molecule has 1 N–H and O–H groups in total. The summed E-state index contributed by atoms with van der Waals surface area (Å²) in [6, 6.07) is 15.1. The lowest BCUT2D eigenvalue weighted by Gasteiger charge is -2.22. The van der Waals surface area contributed by atoms with Crippen LogP contribution < -0.4 is 24.5 Å². The zero-order valence-electron chi connectivity index (χ0n) is 17.8. The molecule has 1 aliphatic heterocycles. The number of aromatic nitrogens is 1. The molecule has 1 aromatic heterocycles. The second-order valence-corrected chi connectivity index (χ2v) is 7.95. The van der Waals surface area contributed by atoms with Crippen LogP contribution in [-0.4, -0.2) is 18.2 Å². The number of nitrogens with one attached hydrogen (secondary N) is 1. The van der Waals surface area contributed by atoms with E-state index in [4.69, 9.17) is 21.7 Å². The summed E-state index contributed by atoms with van der Waals surface area (Å²) in [5, 5.41) is 17.0. The normalized spacial score (nSPS) is 13.4. The fourth-order valence-electron chi connectivity index (χ4n) is 3.58. The van der Waals surface area contributed by atoms with Gasteiger partial charge in [-0.25, -0.2) is 0 Å². The van der Waals surface area contributed by atoms with Crippen LogP contribution in [0.25, 0.3) is 11.5 Å². The first-order valence-corrected chi connectivity index (χ1v) is 10.5. The maximum absolute atomic E-state index is 13.7. The number of para-hydroxylation sites is 1. The molecule has 0 unspecified atom stereocenters. The zero-order valence-corrected chi connectivity index (χ0v) is 18.6. The minimum atomic E-state index is -0.198. The molecule has 31 heavy (non-hydrogen) atoms. The molecule has 5 nitrogen and oxygen atoms in total. The van der Waals surface area contributed by atoms with Crippen LogP contribution in [0.3, 0.4) is 0 Å². The monoisotopic (exact) mass is 432 g/mol. The SMILES string of the molecule is Cc1ccc[n+](/C(C(=S)Nc2c(C)cccc2C)=C(/[O-])c2ccc3c(c2)OCCO3)c1. The van der Waals surface area contributed by atoms with E-state index in [-0.39, 0.29) is 5.76 Å². The highest BCUT2D eigenvalue weighted by Gasteiger charge is 2.21. The number of pyridine rings is 1. The largest absolute Gasteiger partial charge is 0.867 e. The Kier molecular flexibility index (Phi) is 5.91. The molecule has 0 bridgehead atoms. The summed E-state index contributed by atoms with van der Waals surface area (Å²) >= 11 is 5.75. The Balaban J connectivity index is 1.82. The van der Waals surface area contributed by atoms with Gasteiger partial charge in [0.2, 0.25) is 5.70 Å². The molecule has 0 fully saturated rings. The first-order valence-electron chi connectivity index (χ1n) is 10.1. The summed E-state index contributed by atoms with van der Waals surface area (Å²) in [5.41, 5.74) is 4.90. The van der Waals surface area contributed by atoms with Crippen LogP contribution in [0.4, 0.5) is 5.69 Å². The molecule has 0 saturated carbocycles. The van der Waals surface area contributed by atoms with Gasteiger partial charge in [0.15, 0.2) is 28.9 Å². The number of ether oxygens (including phenoxy) is 2. The minimum absolute atomic E-state index is 0.198. The van der Waals surface area contributed by atoms with Crippen molar-refractivity contribution in [1.82, 2.24) is 0 Å². The molecule has 1 aliphatic rings. The Hall–Kier alpha value is -3.38. The third-order valence-electron chi connectivity index (χ3n) is 5.16. The van der Waals surface area contributed by atoms with E-state index in [0.29, 0.717) is 41.0 Å². The van der Waals surface area contributed by atoms with E-state index in [0.717, 1.165) is 22.4 Å². The molecular weight excluding hydrogens is 408 g/mol. The van der Waals surface area contributed by atoms with Crippen LogP contribution >= 0.6 is 12.2 Å². The third-order valence-corrected chi connectivity index (χ3v) is 5.46. The number of nitrogens with zero attached hydrogens (tertiary/aromatic N) is 1. The van der Waals surface area contributed by atoms with Gasteiger partial charge in [-0.15, -0.1) is 0 Å². The van der Waals surface area contributed by atoms with Crippen molar-refractivity contribution in [2.75, 3.05) is 18.5 Å². The number of benzene rings is 2. The van der Waals surface area contributed by atoms with E-state index in [9.17, 15) is 5.11 Å². The quantitative estimate of drug-likeness (QED) is 0.294. The molecule has 0 spiro atoms. The Morgan fingerprint density at radius 3 is 2.39 bits per heavy atom. The summed E-state index contributed by atoms with van der Waals surface area (Å²) in [4.78, 5) is 0.355. The number of hydrogen-bond acceptors (Lipinski definition) is 4. The molecular formula is C25H24N2O3S. The summed E-state index contributed by atoms with van der Waals surface area (Å²) in [5.74, 6) is 1.01. The van der Waals surface area contributed by atoms with Crippen molar-refractivity contribution in [2.45, 2.75) is 20.8 Å². The van der Waals surface area contributed by atoms with Gasteiger partial charge in [0.1, 0.15) is 13.2 Å². The van der Waals surface area contributed by atoms with Gasteiger partial charge in [-0.1, -0.05) is 36.5 Å². The average molecular weight is 433 g/mol. The van der Waals surface area contributed by atoms with Crippen molar-refractivity contribution >= 4 is 34.3 Å². The van der Waals surface area contributed by atoms with Crippen LogP contribution in [0.15, 0.2) is 60.9 Å². The molecule has 2 heterocycles. The Bertz CT molecular complexity index is 1170. The topological polar surface area (TPSA) is 57.4 Å². The lowest BCUT2D eigenvalue weighted by molar-refractivity contribution is -0.578. The number of thiocarbonyl (C=S) groups is 1. The molecule has 158 valence electrons. The maximum atomic E-state index is 13.7. The van der Waals surface area contributed by atoms with Gasteiger partial charge in [0.25, 0.3) is 0 Å². The number of anilines is 1. The molecule has 0 radical (unpaired) electrons. The van der Waals surface area contributed by atoms with Gasteiger partial charge in [0, 0.05) is 17.3 Å². The van der Waals surface area contributed by atoms with E-state index in [1.165, 1.54) is 0 Å². The van der Waals surface area contributed by atoms with E-state index in [2.05, 4.69) is 5.32 Å². The molecule has 0 aliphatic carbocycles. The van der Waals surface area contributed by atoms with Crippen LogP contribution in [0.5, 0.6) is 11.5 Å². The number of rotatable bonds is 4. The fourth-order valence-corrected chi connectivity index (χ4v) is 3.88. The Labute approximate surface area is 187 Å². The van der Waals surface area contributed by atoms with E-state index < -0.39 is 0 Å². The van der Waals surface area contributed by atoms with Gasteiger partial charge >= 0.3 is 0 Å². The average Bonchev–Trinajstić information content (AvgIpc) is 2.76. The van der Waals surface area contributed by atoms with Gasteiger partial charge in [0.05, 0.1) is 0 Å². The van der Waals surface area contributed by atoms with Crippen LogP contribution in [-0.2, 0) is 0 Å². The number of hydrogen-bond donors (Lipinski definition) is 1. The van der Waals surface area contributed by atoms with E-state index >= 15 is 0 Å². The molecule has 4 rings (SSSR count). The summed E-state index contributed by atoms with van der Waals surface area (Å²) in [6.45, 7) is 6.96. The molecule has 3 aromatic rings. The summed E-state index contributed by atoms with van der Waals surface area (Å²) < 4.78 is 13.0. The smallest absolute Gasteiger partial charge is 0.238 e. The van der Waals surface area contributed by atoms with E-state index in [1.807, 2.05) is 63.5 Å². The van der Waals surface area contributed by atoms with Gasteiger partial charge in [-0.2, -0.15) is 4.57 Å². The predicted molar refractivity (Wildman–Crippen MR) is 124 cm³/mol. The highest BCUT2D eigenvalue weighted by molar-refractivity contribution is 7.81. The first kappa shape index (κ1) is 20.9. The van der Waals surface area contributed by atoms with Gasteiger partial charge in [-0.3, -0.25) is 0 Å². The van der Waals surface area contributed by atoms with Crippen molar-refractivity contribution in [2.24, 2.45) is 0 Å². The second kappa shape index (κ2) is 8.78. The lowest BCUT2D eigenvalue weighted by Crippen LogP contribution is -2.40. The summed E-state index contributed by atoms with van der Waals surface area (Å²) in [6.07, 6.45) is 3.72. The molecule has 0 saturated heterocycles. The van der Waals surface area contributed by atoms with Crippen molar-refractivity contribution in [3.8, 4) is 11.5 Å². The van der Waals surface area contributed by atoms with Gasteiger partial charge < -0.3 is 19.9 Å². The predicted octanol–water partition coefficient (Wildman–Crippen LogP) is 3.80. The minimum Gasteiger partial charge on any atom is -0.867 e. The fraction of sp³-hybridized carbons (Fsp3) is 0.200. The van der Waals surface area contributed by atoms with Crippen molar-refractivity contribution < 1.29 is 19.1 Å². The molecule has 0 atom stereocenters. The Morgan fingerprint density at radius 1 is 0.968 bits per heavy atom. The highest BCUT2D eigenvalue weighted by Crippen LogP contribution is 2.33. The van der Waals surface area contributed by atoms with Crippen LogP contribution in [0.1, 0.15) is 22.3 Å².